The molecule has 1 aromatic carbocycles. The molecule has 0 saturated carbocycles. The van der Waals surface area contributed by atoms with Crippen molar-refractivity contribution < 1.29 is 9.18 Å². The number of fused-ring (bicyclic) bond motifs is 1. The molecular weight excluding hydrogens is 325 g/mol. The molecule has 1 atom stereocenters. The Morgan fingerprint density at radius 2 is 2.21 bits per heavy atom. The maximum atomic E-state index is 13.4. The molecule has 2 aromatic heterocycles. The number of piperidine rings is 1. The molecule has 1 unspecified atom stereocenters. The van der Waals surface area contributed by atoms with E-state index >= 15 is 0 Å². The Labute approximate surface area is 143 Å². The standard InChI is InChI=1S/C18H18FN3OS/c1-21-11-13(10-20-21)15-4-2-3-7-22(15)18(23)17-9-12-8-14(19)5-6-16(12)24-17/h5-6,8-11,15H,2-4,7H2,1H3. The fourth-order valence-electron chi connectivity index (χ4n) is 3.39. The molecule has 0 radical (unpaired) electrons. The van der Waals surface area contributed by atoms with Crippen LogP contribution in [0.15, 0.2) is 36.7 Å². The summed E-state index contributed by atoms with van der Waals surface area (Å²) in [6.45, 7) is 0.751. The highest BCUT2D eigenvalue weighted by atomic mass is 32.1. The van der Waals surface area contributed by atoms with Crippen LogP contribution < -0.4 is 0 Å². The summed E-state index contributed by atoms with van der Waals surface area (Å²) in [6, 6.07) is 6.53. The molecule has 4 rings (SSSR count). The van der Waals surface area contributed by atoms with Gasteiger partial charge in [-0.05, 0) is 48.9 Å². The highest BCUT2D eigenvalue weighted by Crippen LogP contribution is 2.34. The van der Waals surface area contributed by atoms with Crippen molar-refractivity contribution in [2.75, 3.05) is 6.54 Å². The largest absolute Gasteiger partial charge is 0.331 e. The summed E-state index contributed by atoms with van der Waals surface area (Å²) >= 11 is 1.43. The topological polar surface area (TPSA) is 38.1 Å². The van der Waals surface area contributed by atoms with Crippen molar-refractivity contribution >= 4 is 27.3 Å². The Balaban J connectivity index is 1.67. The Kier molecular flexibility index (Phi) is 3.84. The minimum absolute atomic E-state index is 0.0326. The molecule has 1 aliphatic rings. The quantitative estimate of drug-likeness (QED) is 0.701. The number of thiophene rings is 1. The molecule has 3 aromatic rings. The Hall–Kier alpha value is -2.21. The lowest BCUT2D eigenvalue weighted by Crippen LogP contribution is -2.38. The molecule has 3 heterocycles. The first-order valence-corrected chi connectivity index (χ1v) is 8.92. The van der Waals surface area contributed by atoms with Crippen LogP contribution in [0.5, 0.6) is 0 Å². The smallest absolute Gasteiger partial charge is 0.264 e. The Morgan fingerprint density at radius 3 is 3.00 bits per heavy atom. The fraction of sp³-hybridized carbons (Fsp3) is 0.333. The number of rotatable bonds is 2. The monoisotopic (exact) mass is 343 g/mol. The zero-order valence-corrected chi connectivity index (χ0v) is 14.2. The summed E-state index contributed by atoms with van der Waals surface area (Å²) in [7, 11) is 1.89. The molecule has 0 bridgehead atoms. The van der Waals surface area contributed by atoms with E-state index < -0.39 is 0 Å². The number of amides is 1. The summed E-state index contributed by atoms with van der Waals surface area (Å²) in [4.78, 5) is 15.7. The van der Waals surface area contributed by atoms with Gasteiger partial charge in [0.1, 0.15) is 5.82 Å². The predicted molar refractivity (Wildman–Crippen MR) is 92.6 cm³/mol. The molecule has 0 N–H and O–H groups in total. The second-order valence-corrected chi connectivity index (χ2v) is 7.33. The molecule has 6 heteroatoms. The van der Waals surface area contributed by atoms with Gasteiger partial charge in [-0.25, -0.2) is 4.39 Å². The van der Waals surface area contributed by atoms with Crippen LogP contribution in [0.25, 0.3) is 10.1 Å². The van der Waals surface area contributed by atoms with E-state index in [4.69, 9.17) is 0 Å². The third kappa shape index (κ3) is 2.71. The number of hydrogen-bond acceptors (Lipinski definition) is 3. The molecular formula is C18H18FN3OS. The van der Waals surface area contributed by atoms with E-state index in [9.17, 15) is 9.18 Å². The fourth-order valence-corrected chi connectivity index (χ4v) is 4.39. The van der Waals surface area contributed by atoms with Gasteiger partial charge in [0.05, 0.1) is 17.1 Å². The van der Waals surface area contributed by atoms with E-state index in [2.05, 4.69) is 5.10 Å². The number of aromatic nitrogens is 2. The minimum atomic E-state index is -0.273. The number of carbonyl (C=O) groups excluding carboxylic acids is 1. The van der Waals surface area contributed by atoms with Gasteiger partial charge in [-0.1, -0.05) is 0 Å². The third-order valence-electron chi connectivity index (χ3n) is 4.56. The zero-order valence-electron chi connectivity index (χ0n) is 13.4. The summed E-state index contributed by atoms with van der Waals surface area (Å²) in [6.07, 6.45) is 6.91. The van der Waals surface area contributed by atoms with Crippen LogP contribution in [0.4, 0.5) is 4.39 Å². The number of halogens is 1. The molecule has 1 aliphatic heterocycles. The van der Waals surface area contributed by atoms with Gasteiger partial charge in [-0.3, -0.25) is 9.48 Å². The highest BCUT2D eigenvalue weighted by molar-refractivity contribution is 7.20. The lowest BCUT2D eigenvalue weighted by atomic mass is 9.97. The van der Waals surface area contributed by atoms with Crippen LogP contribution in [0.3, 0.4) is 0 Å². The second kappa shape index (κ2) is 6.02. The van der Waals surface area contributed by atoms with Crippen molar-refractivity contribution in [3.63, 3.8) is 0 Å². The predicted octanol–water partition coefficient (Wildman–Crippen LogP) is 4.14. The Morgan fingerprint density at radius 1 is 1.33 bits per heavy atom. The van der Waals surface area contributed by atoms with E-state index in [0.29, 0.717) is 4.88 Å². The maximum absolute atomic E-state index is 13.4. The van der Waals surface area contributed by atoms with Crippen LogP contribution in [-0.4, -0.2) is 27.1 Å². The molecule has 124 valence electrons. The maximum Gasteiger partial charge on any atom is 0.264 e. The summed E-state index contributed by atoms with van der Waals surface area (Å²) in [5.74, 6) is -0.240. The average molecular weight is 343 g/mol. The van der Waals surface area contributed by atoms with Gasteiger partial charge in [0.15, 0.2) is 0 Å². The summed E-state index contributed by atoms with van der Waals surface area (Å²) < 4.78 is 16.1. The first-order valence-electron chi connectivity index (χ1n) is 8.10. The van der Waals surface area contributed by atoms with Crippen molar-refractivity contribution in [1.29, 1.82) is 0 Å². The van der Waals surface area contributed by atoms with Crippen molar-refractivity contribution in [1.82, 2.24) is 14.7 Å². The second-order valence-electron chi connectivity index (χ2n) is 6.25. The van der Waals surface area contributed by atoms with Gasteiger partial charge in [0.25, 0.3) is 5.91 Å². The van der Waals surface area contributed by atoms with Crippen LogP contribution in [0, 0.1) is 5.82 Å². The van der Waals surface area contributed by atoms with Crippen LogP contribution in [-0.2, 0) is 7.05 Å². The van der Waals surface area contributed by atoms with Crippen molar-refractivity contribution in [2.24, 2.45) is 7.05 Å². The van der Waals surface area contributed by atoms with Crippen LogP contribution >= 0.6 is 11.3 Å². The average Bonchev–Trinajstić information content (AvgIpc) is 3.20. The highest BCUT2D eigenvalue weighted by Gasteiger charge is 2.30. The number of likely N-dealkylation sites (tertiary alicyclic amines) is 1. The van der Waals surface area contributed by atoms with E-state index in [1.165, 1.54) is 23.5 Å². The van der Waals surface area contributed by atoms with Gasteiger partial charge >= 0.3 is 0 Å². The number of aryl methyl sites for hydroxylation is 1. The van der Waals surface area contributed by atoms with Gasteiger partial charge in [0.2, 0.25) is 0 Å². The normalized spacial score (nSPS) is 18.2. The SMILES string of the molecule is Cn1cc(C2CCCCN2C(=O)c2cc3cc(F)ccc3s2)cn1. The van der Waals surface area contributed by atoms with E-state index in [1.807, 2.05) is 24.3 Å². The lowest BCUT2D eigenvalue weighted by molar-refractivity contribution is 0.0616. The molecule has 0 aliphatic carbocycles. The molecule has 24 heavy (non-hydrogen) atoms. The van der Waals surface area contributed by atoms with Crippen LogP contribution in [0.1, 0.15) is 40.5 Å². The first kappa shape index (κ1) is 15.3. The van der Waals surface area contributed by atoms with Crippen molar-refractivity contribution in [2.45, 2.75) is 25.3 Å². The molecule has 4 nitrogen and oxygen atoms in total. The van der Waals surface area contributed by atoms with Gasteiger partial charge in [-0.2, -0.15) is 5.10 Å². The van der Waals surface area contributed by atoms with Crippen molar-refractivity contribution in [3.8, 4) is 0 Å². The minimum Gasteiger partial charge on any atom is -0.331 e. The molecule has 1 saturated heterocycles. The lowest BCUT2D eigenvalue weighted by Gasteiger charge is -2.35. The van der Waals surface area contributed by atoms with Crippen LogP contribution in [0.2, 0.25) is 0 Å². The number of nitrogens with zero attached hydrogens (tertiary/aromatic N) is 3. The summed E-state index contributed by atoms with van der Waals surface area (Å²) in [5, 5.41) is 5.03. The van der Waals surface area contributed by atoms with Gasteiger partial charge in [0, 0.05) is 30.1 Å². The molecule has 1 amide bonds. The van der Waals surface area contributed by atoms with Gasteiger partial charge in [-0.15, -0.1) is 11.3 Å². The number of carbonyl (C=O) groups is 1. The zero-order chi connectivity index (χ0) is 16.7. The van der Waals surface area contributed by atoms with E-state index in [0.717, 1.165) is 41.5 Å². The van der Waals surface area contributed by atoms with Gasteiger partial charge < -0.3 is 4.90 Å². The van der Waals surface area contributed by atoms with E-state index in [-0.39, 0.29) is 17.8 Å². The third-order valence-corrected chi connectivity index (χ3v) is 5.67. The molecule has 1 fully saturated rings. The first-order chi connectivity index (χ1) is 11.6. The Bertz CT molecular complexity index is 901. The van der Waals surface area contributed by atoms with E-state index in [1.54, 1.807) is 16.8 Å². The number of benzene rings is 1. The number of hydrogen-bond donors (Lipinski definition) is 0. The van der Waals surface area contributed by atoms with Crippen molar-refractivity contribution in [3.05, 3.63) is 52.9 Å². The molecule has 0 spiro atoms. The summed E-state index contributed by atoms with van der Waals surface area (Å²) in [5.41, 5.74) is 1.08.